The molecule has 2 aromatic heterocycles. The molecule has 2 heterocycles. The average Bonchev–Trinajstić information content (AvgIpc) is 2.82. The molecular weight excluding hydrogens is 468 g/mol. The molecule has 0 aliphatic carbocycles. The predicted molar refractivity (Wildman–Crippen MR) is 136 cm³/mol. The van der Waals surface area contributed by atoms with Crippen LogP contribution in [0.25, 0.3) is 33.2 Å². The van der Waals surface area contributed by atoms with Crippen LogP contribution in [0, 0.1) is 0 Å². The lowest BCUT2D eigenvalue weighted by Gasteiger charge is -2.25. The molecule has 0 aliphatic rings. The number of sulfone groups is 2. The molecule has 0 spiro atoms. The van der Waals surface area contributed by atoms with Crippen LogP contribution in [0.3, 0.4) is 0 Å². The monoisotopic (exact) mass is 494 g/mol. The summed E-state index contributed by atoms with van der Waals surface area (Å²) in [5.74, 6) is -0.00217. The molecule has 0 radical (unpaired) electrons. The first kappa shape index (κ1) is 24.0. The summed E-state index contributed by atoms with van der Waals surface area (Å²) in [5.41, 5.74) is 4.74. The van der Waals surface area contributed by atoms with Crippen molar-refractivity contribution in [2.45, 2.75) is 30.5 Å². The molecule has 0 amide bonds. The summed E-state index contributed by atoms with van der Waals surface area (Å²) in [7, 11) is -6.78. The van der Waals surface area contributed by atoms with Crippen LogP contribution >= 0.6 is 0 Å². The van der Waals surface area contributed by atoms with E-state index in [1.807, 2.05) is 48.5 Å². The van der Waals surface area contributed by atoms with Crippen LogP contribution in [0.5, 0.6) is 0 Å². The van der Waals surface area contributed by atoms with E-state index in [1.54, 1.807) is 39.2 Å². The van der Waals surface area contributed by atoms with Crippen molar-refractivity contribution in [2.75, 3.05) is 12.0 Å². The molecule has 4 rings (SSSR count). The van der Waals surface area contributed by atoms with Crippen LogP contribution in [0.4, 0.5) is 0 Å². The average molecular weight is 495 g/mol. The van der Waals surface area contributed by atoms with Gasteiger partial charge in [0.1, 0.15) is 0 Å². The molecule has 0 saturated heterocycles. The number of hydrogen-bond donors (Lipinski definition) is 0. The normalized spacial score (nSPS) is 12.7. The molecule has 34 heavy (non-hydrogen) atoms. The van der Waals surface area contributed by atoms with Crippen molar-refractivity contribution in [1.82, 2.24) is 9.97 Å². The third kappa shape index (κ3) is 4.35. The first-order valence-electron chi connectivity index (χ1n) is 10.8. The number of hydrogen-bond acceptors (Lipinski definition) is 6. The topological polar surface area (TPSA) is 94.1 Å². The van der Waals surface area contributed by atoms with Gasteiger partial charge in [0.25, 0.3) is 0 Å². The third-order valence-corrected chi connectivity index (χ3v) is 9.96. The van der Waals surface area contributed by atoms with E-state index in [9.17, 15) is 16.8 Å². The van der Waals surface area contributed by atoms with E-state index in [0.29, 0.717) is 11.1 Å². The van der Waals surface area contributed by atoms with E-state index in [-0.39, 0.29) is 10.8 Å². The van der Waals surface area contributed by atoms with E-state index in [1.165, 1.54) is 12.3 Å². The minimum Gasteiger partial charge on any atom is -0.256 e. The molecule has 0 N–H and O–H groups in total. The zero-order chi connectivity index (χ0) is 24.7. The van der Waals surface area contributed by atoms with Gasteiger partial charge in [-0.3, -0.25) is 4.98 Å². The summed E-state index contributed by atoms with van der Waals surface area (Å²) in [5, 5.41) is 0.914. The molecule has 4 aromatic rings. The number of fused-ring (bicyclic) bond motifs is 1. The zero-order valence-electron chi connectivity index (χ0n) is 19.5. The van der Waals surface area contributed by atoms with Crippen molar-refractivity contribution >= 4 is 30.6 Å². The Balaban J connectivity index is 1.85. The molecular formula is C26H26N2O4S2. The highest BCUT2D eigenvalue weighted by molar-refractivity contribution is 7.91. The smallest absolute Gasteiger partial charge is 0.195 e. The van der Waals surface area contributed by atoms with Crippen LogP contribution < -0.4 is 0 Å². The summed E-state index contributed by atoms with van der Waals surface area (Å²) in [4.78, 5) is 8.63. The molecule has 8 heteroatoms. The summed E-state index contributed by atoms with van der Waals surface area (Å²) in [6, 6.07) is 18.7. The molecule has 2 aromatic carbocycles. The lowest BCUT2D eigenvalue weighted by Crippen LogP contribution is -2.28. The largest absolute Gasteiger partial charge is 0.256 e. The fourth-order valence-corrected chi connectivity index (χ4v) is 5.12. The molecule has 6 nitrogen and oxygen atoms in total. The van der Waals surface area contributed by atoms with Gasteiger partial charge in [0.05, 0.1) is 16.0 Å². The van der Waals surface area contributed by atoms with Gasteiger partial charge in [0.15, 0.2) is 24.7 Å². The van der Waals surface area contributed by atoms with Gasteiger partial charge in [-0.05, 0) is 72.5 Å². The molecule has 0 unspecified atom stereocenters. The first-order chi connectivity index (χ1) is 15.9. The Kier molecular flexibility index (Phi) is 6.08. The second-order valence-electron chi connectivity index (χ2n) is 8.75. The summed E-state index contributed by atoms with van der Waals surface area (Å²) in [6.45, 7) is 4.99. The molecule has 0 fully saturated rings. The summed E-state index contributed by atoms with van der Waals surface area (Å²) >= 11 is 0. The SMILES string of the molecule is CCS(=O)(=O)c1ccc(-c2cccc(-c3cc(C(C)(C)S(C)(=O)=O)c4ncccc4c3)c2)cn1. The van der Waals surface area contributed by atoms with E-state index >= 15 is 0 Å². The maximum atomic E-state index is 12.6. The van der Waals surface area contributed by atoms with Crippen molar-refractivity contribution in [1.29, 1.82) is 0 Å². The highest BCUT2D eigenvalue weighted by Crippen LogP contribution is 2.37. The maximum Gasteiger partial charge on any atom is 0.195 e. The Morgan fingerprint density at radius 3 is 2.12 bits per heavy atom. The Morgan fingerprint density at radius 2 is 1.50 bits per heavy atom. The second-order valence-corrected chi connectivity index (χ2v) is 13.5. The van der Waals surface area contributed by atoms with Gasteiger partial charge in [-0.15, -0.1) is 0 Å². The number of aromatic nitrogens is 2. The van der Waals surface area contributed by atoms with E-state index < -0.39 is 24.4 Å². The van der Waals surface area contributed by atoms with Crippen LogP contribution in [0.15, 0.2) is 78.1 Å². The number of rotatable bonds is 6. The van der Waals surface area contributed by atoms with Gasteiger partial charge in [0.2, 0.25) is 0 Å². The van der Waals surface area contributed by atoms with Crippen molar-refractivity contribution in [3.8, 4) is 22.3 Å². The van der Waals surface area contributed by atoms with Gasteiger partial charge in [-0.25, -0.2) is 21.8 Å². The minimum atomic E-state index is -3.41. The highest BCUT2D eigenvalue weighted by Gasteiger charge is 2.34. The van der Waals surface area contributed by atoms with Crippen molar-refractivity contribution in [3.05, 3.63) is 78.6 Å². The third-order valence-electron chi connectivity index (χ3n) is 6.24. The van der Waals surface area contributed by atoms with Crippen LogP contribution in [-0.2, 0) is 24.4 Å². The molecule has 0 aliphatic heterocycles. The Morgan fingerprint density at radius 1 is 0.794 bits per heavy atom. The molecule has 176 valence electrons. The predicted octanol–water partition coefficient (Wildman–Crippen LogP) is 5.04. The van der Waals surface area contributed by atoms with Crippen molar-refractivity contribution in [2.24, 2.45) is 0 Å². The van der Waals surface area contributed by atoms with Gasteiger partial charge in [0, 0.05) is 29.6 Å². The highest BCUT2D eigenvalue weighted by atomic mass is 32.2. The summed E-state index contributed by atoms with van der Waals surface area (Å²) in [6.07, 6.45) is 4.47. The van der Waals surface area contributed by atoms with Crippen LogP contribution in [0.1, 0.15) is 26.3 Å². The van der Waals surface area contributed by atoms with Crippen LogP contribution in [-0.4, -0.2) is 38.8 Å². The summed E-state index contributed by atoms with van der Waals surface area (Å²) < 4.78 is 48.3. The standard InChI is InChI=1S/C26H26N2O4S2/c1-5-34(31,32)24-12-11-21(17-28-24)18-8-6-9-19(14-18)22-15-20-10-7-13-27-25(20)23(16-22)26(2,3)33(4,29)30/h6-17H,5H2,1-4H3. The second kappa shape index (κ2) is 8.60. The van der Waals surface area contributed by atoms with E-state index in [2.05, 4.69) is 9.97 Å². The van der Waals surface area contributed by atoms with Gasteiger partial charge < -0.3 is 0 Å². The van der Waals surface area contributed by atoms with E-state index in [4.69, 9.17) is 0 Å². The number of nitrogens with zero attached hydrogens (tertiary/aromatic N) is 2. The fraction of sp³-hybridized carbons (Fsp3) is 0.231. The lowest BCUT2D eigenvalue weighted by molar-refractivity contribution is 0.562. The zero-order valence-corrected chi connectivity index (χ0v) is 21.1. The Hall–Kier alpha value is -3.10. The Bertz CT molecular complexity index is 1590. The quantitative estimate of drug-likeness (QED) is 0.373. The fourth-order valence-electron chi connectivity index (χ4n) is 3.78. The Labute approximate surface area is 200 Å². The van der Waals surface area contributed by atoms with Gasteiger partial charge in [-0.1, -0.05) is 31.2 Å². The minimum absolute atomic E-state index is 0.00217. The van der Waals surface area contributed by atoms with Crippen LogP contribution in [0.2, 0.25) is 0 Å². The molecule has 0 bridgehead atoms. The van der Waals surface area contributed by atoms with Gasteiger partial charge >= 0.3 is 0 Å². The van der Waals surface area contributed by atoms with Crippen molar-refractivity contribution in [3.63, 3.8) is 0 Å². The maximum absolute atomic E-state index is 12.6. The lowest BCUT2D eigenvalue weighted by atomic mass is 9.92. The molecule has 0 atom stereocenters. The van der Waals surface area contributed by atoms with Crippen molar-refractivity contribution < 1.29 is 16.8 Å². The van der Waals surface area contributed by atoms with E-state index in [0.717, 1.165) is 27.6 Å². The van der Waals surface area contributed by atoms with Gasteiger partial charge in [-0.2, -0.15) is 0 Å². The number of benzene rings is 2. The molecule has 0 saturated carbocycles. The number of pyridine rings is 2. The first-order valence-corrected chi connectivity index (χ1v) is 14.4.